The average molecular weight is 267 g/mol. The summed E-state index contributed by atoms with van der Waals surface area (Å²) in [6.07, 6.45) is 2.00. The van der Waals surface area contributed by atoms with Crippen LogP contribution in [-0.2, 0) is 14.3 Å². The molecule has 0 unspecified atom stereocenters. The Balaban J connectivity index is 2.75. The van der Waals surface area contributed by atoms with Gasteiger partial charge >= 0.3 is 5.97 Å². The molecular formula is C13H17NO3S. The van der Waals surface area contributed by atoms with Crippen LogP contribution in [0.1, 0.15) is 18.0 Å². The second kappa shape index (κ2) is 7.76. The van der Waals surface area contributed by atoms with Crippen LogP contribution in [0.3, 0.4) is 0 Å². The summed E-state index contributed by atoms with van der Waals surface area (Å²) >= 11 is 1.44. The van der Waals surface area contributed by atoms with Crippen LogP contribution < -0.4 is 5.32 Å². The molecule has 1 N–H and O–H groups in total. The SMILES string of the molecule is COC(=O)C[C@H](NC(=O)CSC)c1ccccc1. The topological polar surface area (TPSA) is 55.4 Å². The van der Waals surface area contributed by atoms with Crippen molar-refractivity contribution in [2.75, 3.05) is 19.1 Å². The van der Waals surface area contributed by atoms with Crippen molar-refractivity contribution in [3.8, 4) is 0 Å². The maximum absolute atomic E-state index is 11.6. The fourth-order valence-corrected chi connectivity index (χ4v) is 1.90. The van der Waals surface area contributed by atoms with E-state index in [0.29, 0.717) is 5.75 Å². The predicted molar refractivity (Wildman–Crippen MR) is 72.3 cm³/mol. The van der Waals surface area contributed by atoms with Crippen molar-refractivity contribution >= 4 is 23.6 Å². The van der Waals surface area contributed by atoms with E-state index < -0.39 is 0 Å². The lowest BCUT2D eigenvalue weighted by Gasteiger charge is -2.17. The molecule has 0 saturated heterocycles. The Labute approximate surface area is 111 Å². The molecule has 1 amide bonds. The number of hydrogen-bond donors (Lipinski definition) is 1. The first-order valence-corrected chi connectivity index (χ1v) is 6.96. The normalized spacial score (nSPS) is 11.7. The Hall–Kier alpha value is -1.49. The van der Waals surface area contributed by atoms with Gasteiger partial charge in [0.05, 0.1) is 25.3 Å². The number of benzene rings is 1. The third kappa shape index (κ3) is 4.79. The highest BCUT2D eigenvalue weighted by atomic mass is 32.2. The van der Waals surface area contributed by atoms with Gasteiger partial charge in [-0.15, -0.1) is 0 Å². The summed E-state index contributed by atoms with van der Waals surface area (Å²) in [5.41, 5.74) is 0.900. The highest BCUT2D eigenvalue weighted by molar-refractivity contribution is 7.99. The van der Waals surface area contributed by atoms with E-state index in [1.807, 2.05) is 36.6 Å². The number of rotatable bonds is 6. The predicted octanol–water partition coefficient (Wildman–Crippen LogP) is 1.77. The van der Waals surface area contributed by atoms with Crippen molar-refractivity contribution in [2.24, 2.45) is 0 Å². The molecule has 0 aliphatic carbocycles. The number of carbonyl (C=O) groups is 2. The van der Waals surface area contributed by atoms with Crippen molar-refractivity contribution in [3.05, 3.63) is 35.9 Å². The number of thioether (sulfide) groups is 1. The lowest BCUT2D eigenvalue weighted by molar-refractivity contribution is -0.141. The van der Waals surface area contributed by atoms with Gasteiger partial charge < -0.3 is 10.1 Å². The largest absolute Gasteiger partial charge is 0.469 e. The van der Waals surface area contributed by atoms with Crippen molar-refractivity contribution < 1.29 is 14.3 Å². The van der Waals surface area contributed by atoms with Crippen LogP contribution in [0.2, 0.25) is 0 Å². The van der Waals surface area contributed by atoms with Crippen LogP contribution in [0.25, 0.3) is 0 Å². The summed E-state index contributed by atoms with van der Waals surface area (Å²) in [7, 11) is 1.34. The van der Waals surface area contributed by atoms with Crippen LogP contribution >= 0.6 is 11.8 Å². The maximum atomic E-state index is 11.6. The number of ether oxygens (including phenoxy) is 1. The Bertz CT molecular complexity index is 394. The third-order valence-corrected chi connectivity index (χ3v) is 2.96. The van der Waals surface area contributed by atoms with E-state index in [1.165, 1.54) is 18.9 Å². The van der Waals surface area contributed by atoms with E-state index >= 15 is 0 Å². The quantitative estimate of drug-likeness (QED) is 0.798. The number of esters is 1. The molecule has 98 valence electrons. The van der Waals surface area contributed by atoms with Gasteiger partial charge in [-0.1, -0.05) is 30.3 Å². The van der Waals surface area contributed by atoms with Gasteiger partial charge in [0.15, 0.2) is 0 Å². The summed E-state index contributed by atoms with van der Waals surface area (Å²) < 4.78 is 4.65. The first-order chi connectivity index (χ1) is 8.67. The summed E-state index contributed by atoms with van der Waals surface area (Å²) in [6, 6.07) is 9.07. The molecule has 0 aliphatic heterocycles. The summed E-state index contributed by atoms with van der Waals surface area (Å²) in [5.74, 6) is -0.0432. The third-order valence-electron chi connectivity index (χ3n) is 2.41. The molecule has 0 heterocycles. The van der Waals surface area contributed by atoms with Gasteiger partial charge in [0, 0.05) is 0 Å². The fourth-order valence-electron chi connectivity index (χ4n) is 1.55. The van der Waals surface area contributed by atoms with Crippen molar-refractivity contribution in [1.29, 1.82) is 0 Å². The molecule has 4 nitrogen and oxygen atoms in total. The number of carbonyl (C=O) groups excluding carboxylic acids is 2. The Morgan fingerprint density at radius 2 is 2.00 bits per heavy atom. The van der Waals surface area contributed by atoms with Gasteiger partial charge in [-0.2, -0.15) is 11.8 Å². The number of nitrogens with one attached hydrogen (secondary N) is 1. The van der Waals surface area contributed by atoms with Crippen LogP contribution in [0.15, 0.2) is 30.3 Å². The first-order valence-electron chi connectivity index (χ1n) is 5.57. The molecule has 0 aliphatic rings. The molecule has 1 aromatic carbocycles. The zero-order valence-electron chi connectivity index (χ0n) is 10.5. The first kappa shape index (κ1) is 14.6. The van der Waals surface area contributed by atoms with Crippen molar-refractivity contribution in [2.45, 2.75) is 12.5 Å². The molecule has 0 aromatic heterocycles. The molecule has 0 radical (unpaired) electrons. The van der Waals surface area contributed by atoms with E-state index in [4.69, 9.17) is 0 Å². The molecule has 0 spiro atoms. The highest BCUT2D eigenvalue weighted by Crippen LogP contribution is 2.17. The summed E-state index contributed by atoms with van der Waals surface area (Å²) in [5, 5.41) is 2.84. The van der Waals surface area contributed by atoms with E-state index in [-0.39, 0.29) is 24.3 Å². The Kier molecular flexibility index (Phi) is 6.28. The maximum Gasteiger partial charge on any atom is 0.307 e. The highest BCUT2D eigenvalue weighted by Gasteiger charge is 2.18. The van der Waals surface area contributed by atoms with Crippen LogP contribution in [0.4, 0.5) is 0 Å². The minimum Gasteiger partial charge on any atom is -0.469 e. The molecular weight excluding hydrogens is 250 g/mol. The molecule has 0 saturated carbocycles. The van der Waals surface area contributed by atoms with Crippen LogP contribution in [-0.4, -0.2) is 31.0 Å². The smallest absolute Gasteiger partial charge is 0.307 e. The standard InChI is InChI=1S/C13H17NO3S/c1-17-13(16)8-11(14-12(15)9-18-2)10-6-4-3-5-7-10/h3-7,11H,8-9H2,1-2H3,(H,14,15)/t11-/m0/s1. The molecule has 1 atom stereocenters. The van der Waals surface area contributed by atoms with Crippen molar-refractivity contribution in [3.63, 3.8) is 0 Å². The summed E-state index contributed by atoms with van der Waals surface area (Å²) in [6.45, 7) is 0. The van der Waals surface area contributed by atoms with Gasteiger partial charge in [-0.3, -0.25) is 9.59 Å². The molecule has 18 heavy (non-hydrogen) atoms. The minimum absolute atomic E-state index is 0.0831. The van der Waals surface area contributed by atoms with Gasteiger partial charge in [-0.05, 0) is 11.8 Å². The van der Waals surface area contributed by atoms with Gasteiger partial charge in [0.1, 0.15) is 0 Å². The zero-order valence-corrected chi connectivity index (χ0v) is 11.3. The van der Waals surface area contributed by atoms with Crippen LogP contribution in [0, 0.1) is 0 Å². The molecule has 0 fully saturated rings. The van der Waals surface area contributed by atoms with Gasteiger partial charge in [-0.25, -0.2) is 0 Å². The van der Waals surface area contributed by atoms with Gasteiger partial charge in [0.25, 0.3) is 0 Å². The minimum atomic E-state index is -0.340. The number of hydrogen-bond acceptors (Lipinski definition) is 4. The van der Waals surface area contributed by atoms with Crippen molar-refractivity contribution in [1.82, 2.24) is 5.32 Å². The second-order valence-corrected chi connectivity index (χ2v) is 4.61. The summed E-state index contributed by atoms with van der Waals surface area (Å²) in [4.78, 5) is 23.0. The molecule has 5 heteroatoms. The molecule has 1 rings (SSSR count). The lowest BCUT2D eigenvalue weighted by atomic mass is 10.0. The number of amides is 1. The molecule has 0 bridgehead atoms. The van der Waals surface area contributed by atoms with E-state index in [9.17, 15) is 9.59 Å². The lowest BCUT2D eigenvalue weighted by Crippen LogP contribution is -2.31. The van der Waals surface area contributed by atoms with E-state index in [2.05, 4.69) is 10.1 Å². The van der Waals surface area contributed by atoms with E-state index in [1.54, 1.807) is 0 Å². The number of methoxy groups -OCH3 is 1. The Morgan fingerprint density at radius 3 is 2.56 bits per heavy atom. The van der Waals surface area contributed by atoms with Gasteiger partial charge in [0.2, 0.25) is 5.91 Å². The van der Waals surface area contributed by atoms with E-state index in [0.717, 1.165) is 5.56 Å². The van der Waals surface area contributed by atoms with Crippen LogP contribution in [0.5, 0.6) is 0 Å². The zero-order chi connectivity index (χ0) is 13.4. The second-order valence-electron chi connectivity index (χ2n) is 3.74. The average Bonchev–Trinajstić information content (AvgIpc) is 2.39. The monoisotopic (exact) mass is 267 g/mol. The fraction of sp³-hybridized carbons (Fsp3) is 0.385. The Morgan fingerprint density at radius 1 is 1.33 bits per heavy atom. The molecule has 1 aromatic rings.